The van der Waals surface area contributed by atoms with E-state index in [0.717, 1.165) is 20.8 Å². The van der Waals surface area contributed by atoms with E-state index in [1.807, 2.05) is 48.5 Å². The lowest BCUT2D eigenvalue weighted by Crippen LogP contribution is -2.09. The highest BCUT2D eigenvalue weighted by Crippen LogP contribution is 2.22. The summed E-state index contributed by atoms with van der Waals surface area (Å²) < 4.78 is 12.2. The van der Waals surface area contributed by atoms with Crippen molar-refractivity contribution in [2.24, 2.45) is 0 Å². The molecule has 0 heterocycles. The van der Waals surface area contributed by atoms with Gasteiger partial charge in [-0.15, -0.1) is 0 Å². The number of benzene rings is 2. The van der Waals surface area contributed by atoms with E-state index in [0.29, 0.717) is 13.2 Å². The van der Waals surface area contributed by atoms with Gasteiger partial charge in [0, 0.05) is 5.69 Å². The SMILES string of the molecule is Nc1ccc(OCCOc2ccccc2)c(I)c1. The van der Waals surface area contributed by atoms with Crippen LogP contribution >= 0.6 is 22.6 Å². The zero-order chi connectivity index (χ0) is 12.8. The minimum Gasteiger partial charge on any atom is -0.490 e. The molecule has 2 rings (SSSR count). The van der Waals surface area contributed by atoms with Crippen molar-refractivity contribution in [2.75, 3.05) is 18.9 Å². The Kier molecular flexibility index (Phi) is 4.69. The van der Waals surface area contributed by atoms with Gasteiger partial charge in [0.15, 0.2) is 0 Å². The van der Waals surface area contributed by atoms with Crippen molar-refractivity contribution in [3.63, 3.8) is 0 Å². The van der Waals surface area contributed by atoms with E-state index in [2.05, 4.69) is 22.6 Å². The van der Waals surface area contributed by atoms with E-state index in [1.54, 1.807) is 0 Å². The van der Waals surface area contributed by atoms with Crippen LogP contribution in [0.15, 0.2) is 48.5 Å². The summed E-state index contributed by atoms with van der Waals surface area (Å²) in [6.07, 6.45) is 0. The molecule has 0 spiro atoms. The number of ether oxygens (including phenoxy) is 2. The number of halogens is 1. The van der Waals surface area contributed by atoms with Crippen LogP contribution in [-0.4, -0.2) is 13.2 Å². The maximum absolute atomic E-state index is 5.67. The van der Waals surface area contributed by atoms with E-state index in [9.17, 15) is 0 Å². The van der Waals surface area contributed by atoms with Crippen LogP contribution in [-0.2, 0) is 0 Å². The first-order valence-electron chi connectivity index (χ1n) is 5.61. The van der Waals surface area contributed by atoms with E-state index in [4.69, 9.17) is 15.2 Å². The van der Waals surface area contributed by atoms with Gasteiger partial charge in [0.2, 0.25) is 0 Å². The van der Waals surface area contributed by atoms with Gasteiger partial charge >= 0.3 is 0 Å². The molecule has 0 aliphatic rings. The van der Waals surface area contributed by atoms with Crippen LogP contribution in [0, 0.1) is 3.57 Å². The minimum absolute atomic E-state index is 0.509. The molecular formula is C14H14INO2. The molecule has 0 aromatic heterocycles. The van der Waals surface area contributed by atoms with Crippen LogP contribution in [0.4, 0.5) is 5.69 Å². The lowest BCUT2D eigenvalue weighted by molar-refractivity contribution is 0.216. The first kappa shape index (κ1) is 13.0. The van der Waals surface area contributed by atoms with Gasteiger partial charge in [0.25, 0.3) is 0 Å². The van der Waals surface area contributed by atoms with Crippen LogP contribution in [0.2, 0.25) is 0 Å². The number of nitrogens with two attached hydrogens (primary N) is 1. The molecule has 0 atom stereocenters. The van der Waals surface area contributed by atoms with Gasteiger partial charge in [-0.2, -0.15) is 0 Å². The van der Waals surface area contributed by atoms with Crippen LogP contribution < -0.4 is 15.2 Å². The van der Waals surface area contributed by atoms with Crippen LogP contribution in [0.3, 0.4) is 0 Å². The van der Waals surface area contributed by atoms with E-state index >= 15 is 0 Å². The van der Waals surface area contributed by atoms with Crippen molar-refractivity contribution in [1.82, 2.24) is 0 Å². The zero-order valence-electron chi connectivity index (χ0n) is 9.80. The average molecular weight is 355 g/mol. The second kappa shape index (κ2) is 6.49. The van der Waals surface area contributed by atoms with Gasteiger partial charge in [-0.25, -0.2) is 0 Å². The molecule has 2 aromatic carbocycles. The summed E-state index contributed by atoms with van der Waals surface area (Å²) >= 11 is 2.20. The van der Waals surface area contributed by atoms with Crippen LogP contribution in [0.1, 0.15) is 0 Å². The molecule has 94 valence electrons. The highest BCUT2D eigenvalue weighted by Gasteiger charge is 2.01. The molecule has 2 N–H and O–H groups in total. The van der Waals surface area contributed by atoms with Crippen molar-refractivity contribution in [3.8, 4) is 11.5 Å². The molecule has 3 nitrogen and oxygen atoms in total. The Morgan fingerprint density at radius 3 is 2.39 bits per heavy atom. The molecule has 0 saturated carbocycles. The third kappa shape index (κ3) is 3.80. The average Bonchev–Trinajstić information content (AvgIpc) is 2.38. The number of para-hydroxylation sites is 1. The first-order chi connectivity index (χ1) is 8.75. The molecule has 0 aliphatic carbocycles. The molecule has 0 unspecified atom stereocenters. The second-order valence-corrected chi connectivity index (χ2v) is 4.86. The molecule has 0 aliphatic heterocycles. The Morgan fingerprint density at radius 2 is 1.67 bits per heavy atom. The van der Waals surface area contributed by atoms with Crippen molar-refractivity contribution in [3.05, 3.63) is 52.1 Å². The van der Waals surface area contributed by atoms with Crippen molar-refractivity contribution >= 4 is 28.3 Å². The van der Waals surface area contributed by atoms with Gasteiger partial charge in [-0.05, 0) is 52.9 Å². The van der Waals surface area contributed by atoms with Crippen molar-refractivity contribution in [2.45, 2.75) is 0 Å². The number of rotatable bonds is 5. The maximum Gasteiger partial charge on any atom is 0.132 e. The number of anilines is 1. The van der Waals surface area contributed by atoms with E-state index in [-0.39, 0.29) is 0 Å². The summed E-state index contributed by atoms with van der Waals surface area (Å²) in [5.74, 6) is 1.69. The normalized spacial score (nSPS) is 10.1. The summed E-state index contributed by atoms with van der Waals surface area (Å²) in [5, 5.41) is 0. The predicted molar refractivity (Wildman–Crippen MR) is 81.0 cm³/mol. The fourth-order valence-electron chi connectivity index (χ4n) is 1.46. The highest BCUT2D eigenvalue weighted by atomic mass is 127. The number of hydrogen-bond donors (Lipinski definition) is 1. The molecule has 18 heavy (non-hydrogen) atoms. The molecule has 0 bridgehead atoms. The van der Waals surface area contributed by atoms with Gasteiger partial charge < -0.3 is 15.2 Å². The monoisotopic (exact) mass is 355 g/mol. The van der Waals surface area contributed by atoms with Crippen molar-refractivity contribution < 1.29 is 9.47 Å². The maximum atomic E-state index is 5.67. The summed E-state index contributed by atoms with van der Waals surface area (Å²) in [4.78, 5) is 0. The summed E-state index contributed by atoms with van der Waals surface area (Å²) in [7, 11) is 0. The van der Waals surface area contributed by atoms with E-state index in [1.165, 1.54) is 0 Å². The van der Waals surface area contributed by atoms with Gasteiger partial charge in [-0.1, -0.05) is 18.2 Å². The topological polar surface area (TPSA) is 44.5 Å². The minimum atomic E-state index is 0.509. The highest BCUT2D eigenvalue weighted by molar-refractivity contribution is 14.1. The second-order valence-electron chi connectivity index (χ2n) is 3.70. The van der Waals surface area contributed by atoms with Gasteiger partial charge in [0.1, 0.15) is 24.7 Å². The predicted octanol–water partition coefficient (Wildman–Crippen LogP) is 3.33. The quantitative estimate of drug-likeness (QED) is 0.508. The fraction of sp³-hybridized carbons (Fsp3) is 0.143. The Bertz CT molecular complexity index is 502. The molecular weight excluding hydrogens is 341 g/mol. The lowest BCUT2D eigenvalue weighted by atomic mass is 10.3. The molecule has 4 heteroatoms. The largest absolute Gasteiger partial charge is 0.490 e. The number of hydrogen-bond acceptors (Lipinski definition) is 3. The summed E-state index contributed by atoms with van der Waals surface area (Å²) in [6, 6.07) is 15.3. The molecule has 0 amide bonds. The molecule has 2 aromatic rings. The summed E-state index contributed by atoms with van der Waals surface area (Å²) in [5.41, 5.74) is 6.42. The molecule has 0 saturated heterocycles. The Balaban J connectivity index is 1.79. The smallest absolute Gasteiger partial charge is 0.132 e. The summed E-state index contributed by atoms with van der Waals surface area (Å²) in [6.45, 7) is 1.03. The molecule has 0 fully saturated rings. The van der Waals surface area contributed by atoms with Crippen LogP contribution in [0.25, 0.3) is 0 Å². The van der Waals surface area contributed by atoms with E-state index < -0.39 is 0 Å². The van der Waals surface area contributed by atoms with Crippen LogP contribution in [0.5, 0.6) is 11.5 Å². The van der Waals surface area contributed by atoms with Gasteiger partial charge in [-0.3, -0.25) is 0 Å². The standard InChI is InChI=1S/C14H14INO2/c15-13-10-11(16)6-7-14(13)18-9-8-17-12-4-2-1-3-5-12/h1-7,10H,8-9,16H2. The third-order valence-corrected chi connectivity index (χ3v) is 3.15. The third-order valence-electron chi connectivity index (χ3n) is 2.31. The number of nitrogen functional groups attached to an aromatic ring is 1. The molecule has 0 radical (unpaired) electrons. The first-order valence-corrected chi connectivity index (χ1v) is 6.69. The van der Waals surface area contributed by atoms with Gasteiger partial charge in [0.05, 0.1) is 3.57 Å². The zero-order valence-corrected chi connectivity index (χ0v) is 12.0. The lowest BCUT2D eigenvalue weighted by Gasteiger charge is -2.10. The fourth-order valence-corrected chi connectivity index (χ4v) is 2.16. The Hall–Kier alpha value is -1.43. The Morgan fingerprint density at radius 1 is 0.944 bits per heavy atom. The Labute approximate surface area is 120 Å². The van der Waals surface area contributed by atoms with Crippen molar-refractivity contribution in [1.29, 1.82) is 0 Å².